The van der Waals surface area contributed by atoms with Crippen molar-refractivity contribution in [2.45, 2.75) is 90.8 Å². The summed E-state index contributed by atoms with van der Waals surface area (Å²) in [6, 6.07) is -0.216. The van der Waals surface area contributed by atoms with Crippen molar-refractivity contribution in [3.05, 3.63) is 22.8 Å². The highest BCUT2D eigenvalue weighted by atomic mass is 16.5. The quantitative estimate of drug-likeness (QED) is 0.386. The Balaban J connectivity index is 2.24. The summed E-state index contributed by atoms with van der Waals surface area (Å²) in [5.41, 5.74) is 1.07. The van der Waals surface area contributed by atoms with Gasteiger partial charge in [0.2, 0.25) is 5.91 Å². The van der Waals surface area contributed by atoms with Crippen LogP contribution in [0.3, 0.4) is 0 Å². The van der Waals surface area contributed by atoms with E-state index in [2.05, 4.69) is 19.2 Å². The first-order chi connectivity index (χ1) is 15.0. The molecule has 7 nitrogen and oxygen atoms in total. The molecule has 0 saturated carbocycles. The van der Waals surface area contributed by atoms with Crippen LogP contribution >= 0.6 is 0 Å². The maximum absolute atomic E-state index is 14.1. The van der Waals surface area contributed by atoms with Gasteiger partial charge in [-0.3, -0.25) is 9.59 Å². The van der Waals surface area contributed by atoms with Crippen molar-refractivity contribution in [3.63, 3.8) is 0 Å². The molecule has 8 atom stereocenters. The van der Waals surface area contributed by atoms with E-state index >= 15 is 0 Å². The van der Waals surface area contributed by atoms with Gasteiger partial charge >= 0.3 is 0 Å². The molecule has 4 N–H and O–H groups in total. The number of ether oxygens (including phenoxy) is 1. The van der Waals surface area contributed by atoms with E-state index in [1.54, 1.807) is 0 Å². The van der Waals surface area contributed by atoms with Crippen LogP contribution in [0.5, 0.6) is 0 Å². The summed E-state index contributed by atoms with van der Waals surface area (Å²) in [7, 11) is 1.39. The number of allylic oxidation sites excluding steroid dienone is 1. The average molecular weight is 450 g/mol. The molecule has 7 heteroatoms. The van der Waals surface area contributed by atoms with Crippen LogP contribution in [0.4, 0.5) is 0 Å². The second-order valence-corrected chi connectivity index (χ2v) is 10.4. The normalized spacial score (nSPS) is 42.7. The molecule has 1 amide bonds. The number of carbonyl (C=O) groups excluding carboxylic acids is 2. The molecule has 2 aliphatic carbocycles. The van der Waals surface area contributed by atoms with E-state index in [0.29, 0.717) is 18.8 Å². The third-order valence-electron chi connectivity index (χ3n) is 7.93. The number of aliphatic hydroxyl groups excluding tert-OH is 3. The van der Waals surface area contributed by atoms with Crippen LogP contribution in [0, 0.1) is 23.2 Å². The number of methoxy groups -OCH3 is 1. The third kappa shape index (κ3) is 3.98. The number of Topliss-reactive ketones (excluding diaryl/α,β-unsaturated/α-hetero) is 1. The smallest absolute Gasteiger partial charge is 0.235 e. The Bertz CT molecular complexity index is 817. The first-order valence-corrected chi connectivity index (χ1v) is 11.7. The Hall–Kier alpha value is -1.54. The molecule has 1 spiro atoms. The van der Waals surface area contributed by atoms with E-state index in [1.165, 1.54) is 7.11 Å². The first kappa shape index (κ1) is 25.1. The minimum atomic E-state index is -1.48. The van der Waals surface area contributed by atoms with Gasteiger partial charge in [0.15, 0.2) is 5.78 Å². The zero-order valence-corrected chi connectivity index (χ0v) is 20.1. The van der Waals surface area contributed by atoms with Crippen molar-refractivity contribution in [2.24, 2.45) is 23.2 Å². The molecule has 0 aromatic rings. The maximum atomic E-state index is 14.1. The highest BCUT2D eigenvalue weighted by Gasteiger charge is 2.67. The summed E-state index contributed by atoms with van der Waals surface area (Å²) in [4.78, 5) is 27.8. The summed E-state index contributed by atoms with van der Waals surface area (Å²) < 4.78 is 5.42. The number of hydrogen-bond donors (Lipinski definition) is 4. The molecule has 1 aliphatic heterocycles. The Morgan fingerprint density at radius 2 is 1.81 bits per heavy atom. The molecule has 32 heavy (non-hydrogen) atoms. The van der Waals surface area contributed by atoms with Gasteiger partial charge in [-0.2, -0.15) is 0 Å². The monoisotopic (exact) mass is 449 g/mol. The van der Waals surface area contributed by atoms with Crippen molar-refractivity contribution in [1.29, 1.82) is 0 Å². The van der Waals surface area contributed by atoms with Crippen LogP contribution in [-0.2, 0) is 14.3 Å². The lowest BCUT2D eigenvalue weighted by atomic mass is 9.54. The summed E-state index contributed by atoms with van der Waals surface area (Å²) in [5, 5.41) is 35.5. The minimum absolute atomic E-state index is 0.213. The van der Waals surface area contributed by atoms with Gasteiger partial charge in [0.1, 0.15) is 11.5 Å². The predicted octanol–water partition coefficient (Wildman–Crippen LogP) is 1.90. The maximum Gasteiger partial charge on any atom is 0.235 e. The van der Waals surface area contributed by atoms with Crippen LogP contribution in [0.2, 0.25) is 0 Å². The molecule has 0 unspecified atom stereocenters. The Morgan fingerprint density at radius 3 is 2.41 bits per heavy atom. The van der Waals surface area contributed by atoms with Gasteiger partial charge in [-0.25, -0.2) is 0 Å². The van der Waals surface area contributed by atoms with Crippen LogP contribution in [0.1, 0.15) is 60.3 Å². The number of nitrogens with one attached hydrogen (secondary N) is 1. The van der Waals surface area contributed by atoms with E-state index in [1.807, 2.05) is 26.8 Å². The highest BCUT2D eigenvalue weighted by Crippen LogP contribution is 2.56. The largest absolute Gasteiger partial charge is 0.390 e. The second-order valence-electron chi connectivity index (χ2n) is 10.4. The van der Waals surface area contributed by atoms with E-state index < -0.39 is 35.7 Å². The predicted molar refractivity (Wildman–Crippen MR) is 121 cm³/mol. The zero-order valence-electron chi connectivity index (χ0n) is 20.1. The second kappa shape index (κ2) is 9.37. The summed E-state index contributed by atoms with van der Waals surface area (Å²) in [5.74, 6) is -1.51. The molecular formula is C25H39NO6. The van der Waals surface area contributed by atoms with Crippen LogP contribution in [0.25, 0.3) is 0 Å². The summed E-state index contributed by atoms with van der Waals surface area (Å²) >= 11 is 0. The fourth-order valence-corrected chi connectivity index (χ4v) is 6.12. The van der Waals surface area contributed by atoms with Gasteiger partial charge in [0, 0.05) is 31.4 Å². The molecule has 0 aromatic carbocycles. The summed E-state index contributed by atoms with van der Waals surface area (Å²) in [6.07, 6.45) is -1.06. The Labute approximate surface area is 190 Å². The van der Waals surface area contributed by atoms with E-state index in [-0.39, 0.29) is 30.1 Å². The van der Waals surface area contributed by atoms with Gasteiger partial charge in [-0.1, -0.05) is 31.1 Å². The van der Waals surface area contributed by atoms with Crippen molar-refractivity contribution >= 4 is 11.7 Å². The van der Waals surface area contributed by atoms with Gasteiger partial charge in [0.05, 0.1) is 18.3 Å². The van der Waals surface area contributed by atoms with E-state index in [4.69, 9.17) is 4.74 Å². The van der Waals surface area contributed by atoms with Crippen molar-refractivity contribution in [3.8, 4) is 0 Å². The lowest BCUT2D eigenvalue weighted by Crippen LogP contribution is -2.56. The molecule has 1 fully saturated rings. The lowest BCUT2D eigenvalue weighted by Gasteiger charge is -2.46. The Morgan fingerprint density at radius 1 is 1.16 bits per heavy atom. The van der Waals surface area contributed by atoms with Crippen LogP contribution < -0.4 is 5.32 Å². The number of carbonyl (C=O) groups is 2. The molecule has 180 valence electrons. The van der Waals surface area contributed by atoms with Crippen molar-refractivity contribution in [1.82, 2.24) is 5.32 Å². The fraction of sp³-hybridized carbons (Fsp3) is 0.760. The molecule has 0 bridgehead atoms. The highest BCUT2D eigenvalue weighted by molar-refractivity contribution is 6.10. The zero-order chi connectivity index (χ0) is 24.0. The van der Waals surface area contributed by atoms with E-state index in [0.717, 1.165) is 23.1 Å². The number of rotatable bonds is 3. The van der Waals surface area contributed by atoms with Gasteiger partial charge in [0.25, 0.3) is 0 Å². The Kier molecular flexibility index (Phi) is 7.35. The molecular weight excluding hydrogens is 410 g/mol. The van der Waals surface area contributed by atoms with Crippen molar-refractivity contribution < 1.29 is 29.6 Å². The van der Waals surface area contributed by atoms with E-state index in [9.17, 15) is 24.9 Å². The topological polar surface area (TPSA) is 116 Å². The summed E-state index contributed by atoms with van der Waals surface area (Å²) in [6.45, 7) is 9.84. The molecule has 1 saturated heterocycles. The van der Waals surface area contributed by atoms with Crippen LogP contribution in [-0.4, -0.2) is 64.6 Å². The third-order valence-corrected chi connectivity index (χ3v) is 7.93. The van der Waals surface area contributed by atoms with Gasteiger partial charge in [-0.15, -0.1) is 0 Å². The van der Waals surface area contributed by atoms with Crippen molar-refractivity contribution in [2.75, 3.05) is 7.11 Å². The average Bonchev–Trinajstić information content (AvgIpc) is 3.01. The minimum Gasteiger partial charge on any atom is -0.390 e. The molecule has 0 aromatic heterocycles. The standard InChI is InChI=1S/C25H39NO6/c1-12(2)9-17-21-14(4)15(5)22(29)16-10-13(3)7-8-18(27)23(30)19(32-6)11-20(28)25(16,21)24(31)26-17/h10,12,16-19,21-23,27,29-30H,7-9,11H2,1-6H3,(H,26,31)/b13-10-/t16-,17-,18-,19-,21-,22-,23-,25+/m0/s1. The first-order valence-electron chi connectivity index (χ1n) is 11.7. The molecule has 1 heterocycles. The van der Waals surface area contributed by atoms with Gasteiger partial charge < -0.3 is 25.4 Å². The van der Waals surface area contributed by atoms with Gasteiger partial charge in [-0.05, 0) is 51.5 Å². The number of amides is 1. The number of aliphatic hydroxyl groups is 3. The van der Waals surface area contributed by atoms with Crippen LogP contribution in [0.15, 0.2) is 22.8 Å². The molecule has 3 aliphatic rings. The number of ketones is 1. The lowest BCUT2D eigenvalue weighted by molar-refractivity contribution is -0.151. The SMILES string of the molecule is CO[C@H]1CC(=O)[C@@]23C(=O)N[C@@H](CC(C)C)[C@@H]2C(C)=C(C)[C@H](O)[C@@H]3/C=C(/C)CC[C@H](O)[C@@H]1O. The molecule has 0 radical (unpaired) electrons. The fourth-order valence-electron chi connectivity index (χ4n) is 6.12. The number of hydrogen-bond acceptors (Lipinski definition) is 6. The molecule has 3 rings (SSSR count).